The molecule has 0 aliphatic heterocycles. The highest BCUT2D eigenvalue weighted by Gasteiger charge is 2.13. The van der Waals surface area contributed by atoms with E-state index >= 15 is 0 Å². The lowest BCUT2D eigenvalue weighted by molar-refractivity contribution is 0.615. The second kappa shape index (κ2) is 5.83. The molecule has 2 rings (SSSR count). The molecular formula is C14H12BrClFN. The van der Waals surface area contributed by atoms with Crippen LogP contribution in [-0.2, 0) is 0 Å². The van der Waals surface area contributed by atoms with Crippen molar-refractivity contribution in [3.63, 3.8) is 0 Å². The Balaban J connectivity index is 2.45. The molecular weight excluding hydrogens is 317 g/mol. The van der Waals surface area contributed by atoms with E-state index in [1.165, 1.54) is 12.1 Å². The zero-order valence-corrected chi connectivity index (χ0v) is 12.1. The van der Waals surface area contributed by atoms with Crippen molar-refractivity contribution >= 4 is 27.5 Å². The molecule has 0 radical (unpaired) electrons. The van der Waals surface area contributed by atoms with E-state index in [0.717, 1.165) is 15.6 Å². The Morgan fingerprint density at radius 2 is 1.94 bits per heavy atom. The van der Waals surface area contributed by atoms with Gasteiger partial charge in [-0.3, -0.25) is 0 Å². The van der Waals surface area contributed by atoms with Gasteiger partial charge in [0.25, 0.3) is 0 Å². The first kappa shape index (κ1) is 13.5. The van der Waals surface area contributed by atoms with Crippen LogP contribution in [0.4, 0.5) is 4.39 Å². The number of benzene rings is 2. The quantitative estimate of drug-likeness (QED) is 0.871. The summed E-state index contributed by atoms with van der Waals surface area (Å²) in [6.07, 6.45) is 0. The van der Waals surface area contributed by atoms with E-state index in [4.69, 9.17) is 11.6 Å². The molecule has 0 spiro atoms. The van der Waals surface area contributed by atoms with E-state index in [1.54, 1.807) is 0 Å². The number of hydrogen-bond donors (Lipinski definition) is 1. The van der Waals surface area contributed by atoms with Crippen molar-refractivity contribution in [3.8, 4) is 0 Å². The fourth-order valence-electron chi connectivity index (χ4n) is 1.95. The van der Waals surface area contributed by atoms with Gasteiger partial charge in [-0.25, -0.2) is 4.39 Å². The standard InChI is InChI=1S/C14H12BrClFN/c1-18-14(9-3-2-4-12(16)6-9)10-5-11(15)8-13(17)7-10/h2-8,14,18H,1H3. The van der Waals surface area contributed by atoms with Crippen LogP contribution in [-0.4, -0.2) is 7.05 Å². The molecule has 0 saturated carbocycles. The lowest BCUT2D eigenvalue weighted by Gasteiger charge is -2.18. The van der Waals surface area contributed by atoms with Gasteiger partial charge in [-0.15, -0.1) is 0 Å². The molecule has 1 N–H and O–H groups in total. The maximum atomic E-state index is 13.4. The molecule has 2 aromatic carbocycles. The Kier molecular flexibility index (Phi) is 4.38. The summed E-state index contributed by atoms with van der Waals surface area (Å²) in [6.45, 7) is 0. The van der Waals surface area contributed by atoms with Gasteiger partial charge in [-0.2, -0.15) is 0 Å². The molecule has 0 aromatic heterocycles. The molecule has 2 aromatic rings. The summed E-state index contributed by atoms with van der Waals surface area (Å²) in [5.41, 5.74) is 1.86. The first-order valence-electron chi connectivity index (χ1n) is 5.49. The van der Waals surface area contributed by atoms with Crippen LogP contribution in [0.1, 0.15) is 17.2 Å². The highest BCUT2D eigenvalue weighted by Crippen LogP contribution is 2.27. The number of halogens is 3. The molecule has 18 heavy (non-hydrogen) atoms. The lowest BCUT2D eigenvalue weighted by atomic mass is 9.99. The highest BCUT2D eigenvalue weighted by molar-refractivity contribution is 9.10. The average Bonchev–Trinajstić information content (AvgIpc) is 2.28. The highest BCUT2D eigenvalue weighted by atomic mass is 79.9. The summed E-state index contributed by atoms with van der Waals surface area (Å²) in [6, 6.07) is 12.3. The molecule has 94 valence electrons. The number of hydrogen-bond acceptors (Lipinski definition) is 1. The molecule has 0 aliphatic carbocycles. The van der Waals surface area contributed by atoms with Crippen molar-refractivity contribution in [1.29, 1.82) is 0 Å². The zero-order valence-electron chi connectivity index (χ0n) is 9.75. The maximum Gasteiger partial charge on any atom is 0.124 e. The van der Waals surface area contributed by atoms with Gasteiger partial charge in [0.1, 0.15) is 5.82 Å². The molecule has 0 heterocycles. The molecule has 0 amide bonds. The first-order chi connectivity index (χ1) is 8.60. The SMILES string of the molecule is CNC(c1cccc(Cl)c1)c1cc(F)cc(Br)c1. The van der Waals surface area contributed by atoms with Crippen LogP contribution in [0.3, 0.4) is 0 Å². The number of nitrogens with one attached hydrogen (secondary N) is 1. The molecule has 0 fully saturated rings. The third-order valence-electron chi connectivity index (χ3n) is 2.69. The summed E-state index contributed by atoms with van der Waals surface area (Å²) in [4.78, 5) is 0. The molecule has 0 saturated heterocycles. The Labute approximate surface area is 119 Å². The first-order valence-corrected chi connectivity index (χ1v) is 6.66. The van der Waals surface area contributed by atoms with Gasteiger partial charge in [0.15, 0.2) is 0 Å². The van der Waals surface area contributed by atoms with E-state index in [0.29, 0.717) is 5.02 Å². The van der Waals surface area contributed by atoms with Crippen molar-refractivity contribution in [3.05, 3.63) is 68.9 Å². The summed E-state index contributed by atoms with van der Waals surface area (Å²) in [7, 11) is 1.84. The maximum absolute atomic E-state index is 13.4. The Hall–Kier alpha value is -0.900. The van der Waals surface area contributed by atoms with Crippen molar-refractivity contribution in [2.75, 3.05) is 7.05 Å². The largest absolute Gasteiger partial charge is 0.309 e. The molecule has 1 nitrogen and oxygen atoms in total. The summed E-state index contributed by atoms with van der Waals surface area (Å²) in [5.74, 6) is -0.262. The van der Waals surface area contributed by atoms with Crippen molar-refractivity contribution in [2.24, 2.45) is 0 Å². The lowest BCUT2D eigenvalue weighted by Crippen LogP contribution is -2.17. The predicted octanol–water partition coefficient (Wildman–Crippen LogP) is 4.55. The minimum Gasteiger partial charge on any atom is -0.309 e. The smallest absolute Gasteiger partial charge is 0.124 e. The van der Waals surface area contributed by atoms with Crippen LogP contribution >= 0.6 is 27.5 Å². The van der Waals surface area contributed by atoms with Crippen LogP contribution in [0.15, 0.2) is 46.9 Å². The van der Waals surface area contributed by atoms with Gasteiger partial charge in [0.05, 0.1) is 6.04 Å². The summed E-state index contributed by atoms with van der Waals surface area (Å²) >= 11 is 9.29. The Bertz CT molecular complexity index is 539. The fourth-order valence-corrected chi connectivity index (χ4v) is 2.64. The van der Waals surface area contributed by atoms with Crippen LogP contribution in [0.5, 0.6) is 0 Å². The van der Waals surface area contributed by atoms with Gasteiger partial charge in [-0.1, -0.05) is 39.7 Å². The molecule has 0 bridgehead atoms. The minimum absolute atomic E-state index is 0.0873. The van der Waals surface area contributed by atoms with E-state index in [2.05, 4.69) is 21.2 Å². The van der Waals surface area contributed by atoms with Crippen molar-refractivity contribution in [1.82, 2.24) is 5.32 Å². The summed E-state index contributed by atoms with van der Waals surface area (Å²) < 4.78 is 14.2. The molecule has 1 unspecified atom stereocenters. The van der Waals surface area contributed by atoms with Gasteiger partial charge in [0.2, 0.25) is 0 Å². The van der Waals surface area contributed by atoms with Gasteiger partial charge >= 0.3 is 0 Å². The fraction of sp³-hybridized carbons (Fsp3) is 0.143. The van der Waals surface area contributed by atoms with Crippen LogP contribution in [0.2, 0.25) is 5.02 Å². The van der Waals surface area contributed by atoms with E-state index < -0.39 is 0 Å². The van der Waals surface area contributed by atoms with Gasteiger partial charge in [-0.05, 0) is 48.5 Å². The van der Waals surface area contributed by atoms with E-state index in [9.17, 15) is 4.39 Å². The normalized spacial score (nSPS) is 12.4. The third-order valence-corrected chi connectivity index (χ3v) is 3.38. The predicted molar refractivity (Wildman–Crippen MR) is 76.5 cm³/mol. The van der Waals surface area contributed by atoms with Crippen LogP contribution < -0.4 is 5.32 Å². The molecule has 1 atom stereocenters. The average molecular weight is 329 g/mol. The summed E-state index contributed by atoms with van der Waals surface area (Å²) in [5, 5.41) is 3.84. The topological polar surface area (TPSA) is 12.0 Å². The second-order valence-corrected chi connectivity index (χ2v) is 5.33. The van der Waals surface area contributed by atoms with Gasteiger partial charge in [0, 0.05) is 9.50 Å². The van der Waals surface area contributed by atoms with E-state index in [1.807, 2.05) is 37.4 Å². The van der Waals surface area contributed by atoms with Gasteiger partial charge < -0.3 is 5.32 Å². The zero-order chi connectivity index (χ0) is 13.1. The van der Waals surface area contributed by atoms with E-state index in [-0.39, 0.29) is 11.9 Å². The molecule has 0 aliphatic rings. The molecule has 4 heteroatoms. The second-order valence-electron chi connectivity index (χ2n) is 3.98. The van der Waals surface area contributed by atoms with Crippen LogP contribution in [0.25, 0.3) is 0 Å². The van der Waals surface area contributed by atoms with Crippen molar-refractivity contribution in [2.45, 2.75) is 6.04 Å². The van der Waals surface area contributed by atoms with Crippen LogP contribution in [0, 0.1) is 5.82 Å². The number of rotatable bonds is 3. The Morgan fingerprint density at radius 3 is 2.56 bits per heavy atom. The Morgan fingerprint density at radius 1 is 1.17 bits per heavy atom. The third kappa shape index (κ3) is 3.10. The van der Waals surface area contributed by atoms with Crippen molar-refractivity contribution < 1.29 is 4.39 Å². The minimum atomic E-state index is -0.262. The monoisotopic (exact) mass is 327 g/mol.